The molecule has 1 aliphatic carbocycles. The van der Waals surface area contributed by atoms with Gasteiger partial charge >= 0.3 is 0 Å². The number of amides is 1. The maximum atomic E-state index is 13.2. The molecule has 0 spiro atoms. The number of anilines is 1. The molecule has 0 radical (unpaired) electrons. The molecule has 0 aromatic carbocycles. The van der Waals surface area contributed by atoms with Crippen LogP contribution in [0.15, 0.2) is 18.2 Å². The van der Waals surface area contributed by atoms with Crippen LogP contribution < -0.4 is 4.90 Å². The first-order chi connectivity index (χ1) is 9.56. The number of piperazine rings is 1. The normalized spacial score (nSPS) is 29.4. The van der Waals surface area contributed by atoms with Gasteiger partial charge in [-0.1, -0.05) is 13.0 Å². The first kappa shape index (κ1) is 13.3. The van der Waals surface area contributed by atoms with E-state index in [-0.39, 0.29) is 17.9 Å². The lowest BCUT2D eigenvalue weighted by molar-refractivity contribution is -0.133. The van der Waals surface area contributed by atoms with Crippen LogP contribution in [0.3, 0.4) is 0 Å². The first-order valence-corrected chi connectivity index (χ1v) is 7.24. The molecular formula is C15H20FN3O. The zero-order valence-corrected chi connectivity index (χ0v) is 11.9. The Labute approximate surface area is 118 Å². The summed E-state index contributed by atoms with van der Waals surface area (Å²) in [5, 5.41) is 0. The number of pyridine rings is 1. The van der Waals surface area contributed by atoms with Crippen LogP contribution in [0.5, 0.6) is 0 Å². The van der Waals surface area contributed by atoms with Crippen molar-refractivity contribution in [3.63, 3.8) is 0 Å². The second kappa shape index (κ2) is 5.04. The summed E-state index contributed by atoms with van der Waals surface area (Å²) in [5.74, 6) is 1.27. The zero-order chi connectivity index (χ0) is 14.3. The summed E-state index contributed by atoms with van der Waals surface area (Å²) in [4.78, 5) is 20.2. The minimum Gasteiger partial charge on any atom is -0.350 e. The number of hydrogen-bond donors (Lipinski definition) is 0. The van der Waals surface area contributed by atoms with Gasteiger partial charge in [-0.15, -0.1) is 0 Å². The van der Waals surface area contributed by atoms with Crippen molar-refractivity contribution in [2.75, 3.05) is 24.5 Å². The Morgan fingerprint density at radius 3 is 2.70 bits per heavy atom. The van der Waals surface area contributed by atoms with E-state index < -0.39 is 5.95 Å². The Kier molecular flexibility index (Phi) is 3.36. The number of nitrogens with zero attached hydrogens (tertiary/aromatic N) is 3. The van der Waals surface area contributed by atoms with Crippen molar-refractivity contribution in [3.05, 3.63) is 24.1 Å². The fourth-order valence-electron chi connectivity index (χ4n) is 2.96. The fourth-order valence-corrected chi connectivity index (χ4v) is 2.96. The lowest BCUT2D eigenvalue weighted by Gasteiger charge is -2.40. The minimum absolute atomic E-state index is 0.163. The molecule has 2 fully saturated rings. The lowest BCUT2D eigenvalue weighted by Crippen LogP contribution is -2.54. The molecule has 1 aromatic heterocycles. The van der Waals surface area contributed by atoms with Crippen molar-refractivity contribution in [1.29, 1.82) is 0 Å². The summed E-state index contributed by atoms with van der Waals surface area (Å²) < 4.78 is 13.2. The molecule has 2 aliphatic rings. The van der Waals surface area contributed by atoms with Gasteiger partial charge in [0, 0.05) is 31.6 Å². The van der Waals surface area contributed by atoms with Gasteiger partial charge in [0.25, 0.3) is 0 Å². The monoisotopic (exact) mass is 277 g/mol. The number of aromatic nitrogens is 1. The van der Waals surface area contributed by atoms with Crippen LogP contribution in [0.4, 0.5) is 10.2 Å². The molecule has 1 saturated heterocycles. The van der Waals surface area contributed by atoms with Gasteiger partial charge in [0.15, 0.2) is 0 Å². The van der Waals surface area contributed by atoms with Gasteiger partial charge < -0.3 is 9.80 Å². The highest BCUT2D eigenvalue weighted by Gasteiger charge is 2.42. The van der Waals surface area contributed by atoms with E-state index in [1.165, 1.54) is 6.07 Å². The lowest BCUT2D eigenvalue weighted by atomic mass is 10.1. The van der Waals surface area contributed by atoms with Crippen molar-refractivity contribution in [2.24, 2.45) is 11.8 Å². The number of halogens is 1. The van der Waals surface area contributed by atoms with E-state index in [2.05, 4.69) is 23.7 Å². The molecule has 20 heavy (non-hydrogen) atoms. The van der Waals surface area contributed by atoms with Crippen molar-refractivity contribution in [1.82, 2.24) is 9.88 Å². The molecule has 5 heteroatoms. The molecule has 1 amide bonds. The van der Waals surface area contributed by atoms with Gasteiger partial charge in [-0.05, 0) is 31.4 Å². The average molecular weight is 277 g/mol. The second-order valence-electron chi connectivity index (χ2n) is 5.96. The van der Waals surface area contributed by atoms with E-state index in [4.69, 9.17) is 0 Å². The van der Waals surface area contributed by atoms with Crippen LogP contribution in [0.1, 0.15) is 20.3 Å². The number of hydrogen-bond acceptors (Lipinski definition) is 3. The third-order valence-electron chi connectivity index (χ3n) is 4.36. The van der Waals surface area contributed by atoms with Crippen molar-refractivity contribution >= 4 is 11.7 Å². The molecule has 3 unspecified atom stereocenters. The number of rotatable bonds is 2. The van der Waals surface area contributed by atoms with Gasteiger partial charge in [-0.2, -0.15) is 4.39 Å². The minimum atomic E-state index is -0.458. The highest BCUT2D eigenvalue weighted by atomic mass is 19.1. The molecule has 1 saturated carbocycles. The molecule has 3 atom stereocenters. The predicted molar refractivity (Wildman–Crippen MR) is 74.9 cm³/mol. The quantitative estimate of drug-likeness (QED) is 0.775. The van der Waals surface area contributed by atoms with Gasteiger partial charge in [0.05, 0.1) is 0 Å². The summed E-state index contributed by atoms with van der Waals surface area (Å²) in [5.41, 5.74) is 0. The van der Waals surface area contributed by atoms with Crippen LogP contribution in [0, 0.1) is 17.8 Å². The third-order valence-corrected chi connectivity index (χ3v) is 4.36. The highest BCUT2D eigenvalue weighted by Crippen LogP contribution is 2.39. The van der Waals surface area contributed by atoms with Crippen LogP contribution in [0.2, 0.25) is 0 Å². The fraction of sp³-hybridized carbons (Fsp3) is 0.600. The van der Waals surface area contributed by atoms with E-state index in [9.17, 15) is 9.18 Å². The summed E-state index contributed by atoms with van der Waals surface area (Å²) >= 11 is 0. The van der Waals surface area contributed by atoms with Crippen LogP contribution in [0.25, 0.3) is 0 Å². The molecule has 3 rings (SSSR count). The predicted octanol–water partition coefficient (Wildman–Crippen LogP) is 1.91. The maximum Gasteiger partial charge on any atom is 0.226 e. The Bertz CT molecular complexity index is 522. The topological polar surface area (TPSA) is 36.4 Å². The maximum absolute atomic E-state index is 13.2. The van der Waals surface area contributed by atoms with E-state index in [0.29, 0.717) is 31.4 Å². The van der Waals surface area contributed by atoms with E-state index in [0.717, 1.165) is 6.42 Å². The van der Waals surface area contributed by atoms with E-state index in [1.807, 2.05) is 11.0 Å². The standard InChI is InChI=1S/C15H20FN3O/c1-10-8-12(10)15(20)18-6-7-19(11(2)9-18)14-5-3-4-13(16)17-14/h3-5,10-12H,6-9H2,1-2H3. The highest BCUT2D eigenvalue weighted by molar-refractivity contribution is 5.82. The third kappa shape index (κ3) is 2.49. The molecule has 0 N–H and O–H groups in total. The smallest absolute Gasteiger partial charge is 0.226 e. The Morgan fingerprint density at radius 1 is 1.35 bits per heavy atom. The first-order valence-electron chi connectivity index (χ1n) is 7.24. The summed E-state index contributed by atoms with van der Waals surface area (Å²) in [6.45, 7) is 6.29. The van der Waals surface area contributed by atoms with Crippen molar-refractivity contribution in [2.45, 2.75) is 26.3 Å². The summed E-state index contributed by atoms with van der Waals surface area (Å²) in [7, 11) is 0. The van der Waals surface area contributed by atoms with Gasteiger partial charge in [-0.25, -0.2) is 4.98 Å². The summed E-state index contributed by atoms with van der Waals surface area (Å²) in [6.07, 6.45) is 1.03. The van der Waals surface area contributed by atoms with Crippen molar-refractivity contribution in [3.8, 4) is 0 Å². The van der Waals surface area contributed by atoms with Crippen molar-refractivity contribution < 1.29 is 9.18 Å². The van der Waals surface area contributed by atoms with Crippen LogP contribution in [-0.4, -0.2) is 41.5 Å². The van der Waals surface area contributed by atoms with E-state index >= 15 is 0 Å². The van der Waals surface area contributed by atoms with Gasteiger partial charge in [0.2, 0.25) is 11.9 Å². The van der Waals surface area contributed by atoms with Crippen LogP contribution in [-0.2, 0) is 4.79 Å². The Morgan fingerprint density at radius 2 is 2.10 bits per heavy atom. The second-order valence-corrected chi connectivity index (χ2v) is 5.96. The van der Waals surface area contributed by atoms with E-state index in [1.54, 1.807) is 6.07 Å². The Hall–Kier alpha value is -1.65. The molecule has 2 heterocycles. The molecule has 108 valence electrons. The zero-order valence-electron chi connectivity index (χ0n) is 11.9. The largest absolute Gasteiger partial charge is 0.350 e. The number of carbonyl (C=O) groups excluding carboxylic acids is 1. The van der Waals surface area contributed by atoms with Gasteiger partial charge in [0.1, 0.15) is 5.82 Å². The Balaban J connectivity index is 1.66. The molecule has 0 bridgehead atoms. The molecule has 1 aliphatic heterocycles. The average Bonchev–Trinajstić information content (AvgIpc) is 3.15. The van der Waals surface area contributed by atoms with Gasteiger partial charge in [-0.3, -0.25) is 4.79 Å². The molecular weight excluding hydrogens is 257 g/mol. The summed E-state index contributed by atoms with van der Waals surface area (Å²) in [6, 6.07) is 5.01. The molecule has 1 aromatic rings. The SMILES string of the molecule is CC1CC1C(=O)N1CCN(c2cccc(F)n2)C(C)C1. The molecule has 4 nitrogen and oxygen atoms in total. The van der Waals surface area contributed by atoms with Crippen LogP contribution >= 0.6 is 0 Å². The number of carbonyl (C=O) groups is 1.